The van der Waals surface area contributed by atoms with Crippen LogP contribution in [0.2, 0.25) is 0 Å². The van der Waals surface area contributed by atoms with Crippen LogP contribution in [0.5, 0.6) is 0 Å². The zero-order valence-corrected chi connectivity index (χ0v) is 20.5. The van der Waals surface area contributed by atoms with Gasteiger partial charge >= 0.3 is 0 Å². The molecule has 35 heavy (non-hydrogen) atoms. The molecule has 6 unspecified atom stereocenters. The molecule has 4 rings (SSSR count). The van der Waals surface area contributed by atoms with Crippen LogP contribution in [-0.2, 0) is 20.6 Å². The Hall–Kier alpha value is -1.93. The Bertz CT molecular complexity index is 975. The fourth-order valence-corrected chi connectivity index (χ4v) is 5.69. The van der Waals surface area contributed by atoms with Crippen molar-refractivity contribution in [3.8, 4) is 0 Å². The van der Waals surface area contributed by atoms with E-state index in [1.165, 1.54) is 12.1 Å². The summed E-state index contributed by atoms with van der Waals surface area (Å²) in [6, 6.07) is 10.9. The van der Waals surface area contributed by atoms with Gasteiger partial charge in [0.25, 0.3) is 0 Å². The van der Waals surface area contributed by atoms with E-state index < -0.39 is 22.7 Å². The molecule has 2 heterocycles. The Labute approximate surface area is 208 Å². The molecule has 4 N–H and O–H groups in total. The van der Waals surface area contributed by atoms with Crippen molar-refractivity contribution in [2.24, 2.45) is 23.3 Å². The summed E-state index contributed by atoms with van der Waals surface area (Å²) in [6.45, 7) is 8.72. The molecule has 0 amide bonds. The molecule has 7 heteroatoms. The van der Waals surface area contributed by atoms with Gasteiger partial charge in [-0.25, -0.2) is 13.2 Å². The van der Waals surface area contributed by atoms with Crippen LogP contribution in [-0.4, -0.2) is 25.4 Å². The summed E-state index contributed by atoms with van der Waals surface area (Å²) in [7, 11) is 0. The van der Waals surface area contributed by atoms with Crippen LogP contribution in [0.25, 0.3) is 0 Å². The number of halogens is 3. The molecular formula is C28H41F3N2O2. The molecule has 2 saturated heterocycles. The monoisotopic (exact) mass is 494 g/mol. The number of hydrogen-bond acceptors (Lipinski definition) is 4. The second kappa shape index (κ2) is 11.9. The van der Waals surface area contributed by atoms with Gasteiger partial charge in [0.1, 0.15) is 5.82 Å². The van der Waals surface area contributed by atoms with Gasteiger partial charge in [0, 0.05) is 23.0 Å². The standard InChI is InChI=1S/C14H19F2NO.C13H18FNO.CH4/c1-3-9-12(4-2)18-8-14(9,17)10-6-5-7-11(15)13(10)16;1-3-10-9(2)16-8-13(10,15)11-6-4-5-7-12(11)14;/h5-7,9,12H,3-4,8,17H2,1-2H3;4-7,9-10H,3,8,15H2,1-2H3;1H4. The SMILES string of the molecule is C.CCC1C(C)OCC1(N)c1ccccc1F.CCC1OCC(N)(c2cccc(F)c2F)C1CC. The van der Waals surface area contributed by atoms with Crippen molar-refractivity contribution < 1.29 is 22.6 Å². The molecule has 0 saturated carbocycles. The lowest BCUT2D eigenvalue weighted by Gasteiger charge is -2.31. The maximum atomic E-state index is 13.9. The molecule has 0 aromatic heterocycles. The summed E-state index contributed by atoms with van der Waals surface area (Å²) >= 11 is 0. The molecular weight excluding hydrogens is 453 g/mol. The van der Waals surface area contributed by atoms with E-state index in [-0.39, 0.29) is 49.5 Å². The van der Waals surface area contributed by atoms with E-state index in [1.807, 2.05) is 26.8 Å². The minimum absolute atomic E-state index is 0. The van der Waals surface area contributed by atoms with Crippen LogP contribution in [0.15, 0.2) is 42.5 Å². The quantitative estimate of drug-likeness (QED) is 0.534. The Kier molecular flexibility index (Phi) is 9.94. The molecule has 0 radical (unpaired) electrons. The van der Waals surface area contributed by atoms with Crippen molar-refractivity contribution in [2.75, 3.05) is 13.2 Å². The zero-order valence-electron chi connectivity index (χ0n) is 20.5. The molecule has 2 aliphatic rings. The van der Waals surface area contributed by atoms with E-state index in [4.69, 9.17) is 20.9 Å². The van der Waals surface area contributed by atoms with Gasteiger partial charge in [0.05, 0.1) is 36.5 Å². The molecule has 2 aliphatic heterocycles. The molecule has 2 fully saturated rings. The first-order valence-corrected chi connectivity index (χ1v) is 12.1. The Morgan fingerprint density at radius 1 is 0.771 bits per heavy atom. The summed E-state index contributed by atoms with van der Waals surface area (Å²) in [5.41, 5.74) is 11.9. The fraction of sp³-hybridized carbons (Fsp3) is 0.571. The third kappa shape index (κ3) is 5.43. The second-order valence-corrected chi connectivity index (χ2v) is 9.47. The highest BCUT2D eigenvalue weighted by atomic mass is 19.2. The predicted molar refractivity (Wildman–Crippen MR) is 134 cm³/mol. The van der Waals surface area contributed by atoms with Gasteiger partial charge in [0.15, 0.2) is 11.6 Å². The normalized spacial score (nSPS) is 32.0. The summed E-state index contributed by atoms with van der Waals surface area (Å²) in [5, 5.41) is 0. The van der Waals surface area contributed by atoms with Crippen molar-refractivity contribution in [3.05, 3.63) is 71.0 Å². The van der Waals surface area contributed by atoms with Gasteiger partial charge in [-0.05, 0) is 38.3 Å². The van der Waals surface area contributed by atoms with Gasteiger partial charge < -0.3 is 20.9 Å². The lowest BCUT2D eigenvalue weighted by molar-refractivity contribution is 0.0858. The Morgan fingerprint density at radius 2 is 1.31 bits per heavy atom. The Balaban J connectivity index is 0.000000241. The molecule has 0 bridgehead atoms. The average molecular weight is 495 g/mol. The largest absolute Gasteiger partial charge is 0.376 e. The second-order valence-electron chi connectivity index (χ2n) is 9.47. The van der Waals surface area contributed by atoms with Crippen molar-refractivity contribution in [1.29, 1.82) is 0 Å². The van der Waals surface area contributed by atoms with E-state index in [2.05, 4.69) is 6.92 Å². The lowest BCUT2D eigenvalue weighted by atomic mass is 9.76. The predicted octanol–water partition coefficient (Wildman–Crippen LogP) is 6.01. The van der Waals surface area contributed by atoms with Crippen molar-refractivity contribution in [3.63, 3.8) is 0 Å². The number of benzene rings is 2. The third-order valence-electron chi connectivity index (χ3n) is 7.57. The summed E-state index contributed by atoms with van der Waals surface area (Å²) in [5.74, 6) is -1.75. The van der Waals surface area contributed by atoms with Gasteiger partial charge in [-0.15, -0.1) is 0 Å². The molecule has 0 aliphatic carbocycles. The molecule has 196 valence electrons. The van der Waals surface area contributed by atoms with Crippen molar-refractivity contribution >= 4 is 0 Å². The van der Waals surface area contributed by atoms with Gasteiger partial charge in [0.2, 0.25) is 0 Å². The highest BCUT2D eigenvalue weighted by Gasteiger charge is 2.48. The minimum atomic E-state index is -0.929. The maximum Gasteiger partial charge on any atom is 0.163 e. The minimum Gasteiger partial charge on any atom is -0.376 e. The smallest absolute Gasteiger partial charge is 0.163 e. The van der Waals surface area contributed by atoms with E-state index >= 15 is 0 Å². The third-order valence-corrected chi connectivity index (χ3v) is 7.57. The van der Waals surface area contributed by atoms with Gasteiger partial charge in [-0.1, -0.05) is 58.5 Å². The van der Waals surface area contributed by atoms with E-state index in [0.29, 0.717) is 12.2 Å². The van der Waals surface area contributed by atoms with Crippen LogP contribution in [0.1, 0.15) is 65.5 Å². The number of rotatable bonds is 5. The van der Waals surface area contributed by atoms with Crippen LogP contribution in [0.3, 0.4) is 0 Å². The maximum absolute atomic E-state index is 13.9. The summed E-state index contributed by atoms with van der Waals surface area (Å²) in [4.78, 5) is 0. The molecule has 2 aromatic rings. The molecule has 6 atom stereocenters. The van der Waals surface area contributed by atoms with Gasteiger partial charge in [-0.3, -0.25) is 0 Å². The van der Waals surface area contributed by atoms with Crippen LogP contribution in [0.4, 0.5) is 13.2 Å². The highest BCUT2D eigenvalue weighted by Crippen LogP contribution is 2.42. The first-order chi connectivity index (χ1) is 16.1. The zero-order chi connectivity index (χ0) is 25.1. The summed E-state index contributed by atoms with van der Waals surface area (Å²) in [6.07, 6.45) is 2.61. The van der Waals surface area contributed by atoms with E-state index in [9.17, 15) is 13.2 Å². The number of nitrogens with two attached hydrogens (primary N) is 2. The van der Waals surface area contributed by atoms with E-state index in [1.54, 1.807) is 18.2 Å². The van der Waals surface area contributed by atoms with Crippen molar-refractivity contribution in [1.82, 2.24) is 0 Å². The molecule has 2 aromatic carbocycles. The average Bonchev–Trinajstić information content (AvgIpc) is 3.32. The van der Waals surface area contributed by atoms with E-state index in [0.717, 1.165) is 25.3 Å². The molecule has 4 nitrogen and oxygen atoms in total. The number of hydrogen-bond donors (Lipinski definition) is 2. The van der Waals surface area contributed by atoms with Crippen LogP contribution in [0, 0.1) is 29.3 Å². The first kappa shape index (κ1) is 29.3. The topological polar surface area (TPSA) is 70.5 Å². The Morgan fingerprint density at radius 3 is 1.91 bits per heavy atom. The van der Waals surface area contributed by atoms with Crippen LogP contribution < -0.4 is 11.5 Å². The van der Waals surface area contributed by atoms with Crippen molar-refractivity contribution in [2.45, 2.75) is 77.7 Å². The number of ether oxygens (including phenoxy) is 2. The highest BCUT2D eigenvalue weighted by molar-refractivity contribution is 5.30. The summed E-state index contributed by atoms with van der Waals surface area (Å²) < 4.78 is 52.3. The molecule has 0 spiro atoms. The van der Waals surface area contributed by atoms with Crippen LogP contribution >= 0.6 is 0 Å². The first-order valence-electron chi connectivity index (χ1n) is 12.1. The van der Waals surface area contributed by atoms with Gasteiger partial charge in [-0.2, -0.15) is 0 Å². The lowest BCUT2D eigenvalue weighted by Crippen LogP contribution is -2.45. The fourth-order valence-electron chi connectivity index (χ4n) is 5.69.